The van der Waals surface area contributed by atoms with Gasteiger partial charge in [0.25, 0.3) is 0 Å². The summed E-state index contributed by atoms with van der Waals surface area (Å²) < 4.78 is 0. The first-order valence-corrected chi connectivity index (χ1v) is 43.5. The van der Waals surface area contributed by atoms with Gasteiger partial charge in [-0.2, -0.15) is 0 Å². The molecule has 0 fully saturated rings. The summed E-state index contributed by atoms with van der Waals surface area (Å²) in [5.74, 6) is 1.36. The monoisotopic (exact) mass is 2680 g/mol. The molecule has 13 nitrogen and oxygen atoms in total. The van der Waals surface area contributed by atoms with Crippen molar-refractivity contribution in [2.75, 3.05) is 0 Å². The molecule has 5 aromatic heterocycles. The molecule has 4 N–H and O–H groups in total. The molecule has 133 heavy (non-hydrogen) atoms. The van der Waals surface area contributed by atoms with Gasteiger partial charge < -0.3 is 30.4 Å². The van der Waals surface area contributed by atoms with E-state index in [1.807, 2.05) is 162 Å². The number of fused-ring (bicyclic) bond motifs is 3. The van der Waals surface area contributed by atoms with E-state index in [0.29, 0.717) is 11.8 Å². The molecule has 0 atom stereocenters. The number of pyridine rings is 5. The van der Waals surface area contributed by atoms with Crippen molar-refractivity contribution < 1.29 is 140 Å². The summed E-state index contributed by atoms with van der Waals surface area (Å²) in [6, 6.07) is 87.0. The van der Waals surface area contributed by atoms with E-state index in [0.717, 1.165) is 102 Å². The van der Waals surface area contributed by atoms with E-state index in [1.54, 1.807) is 12.4 Å². The fourth-order valence-electron chi connectivity index (χ4n) is 12.6. The van der Waals surface area contributed by atoms with Crippen molar-refractivity contribution in [3.63, 3.8) is 0 Å². The maximum absolute atomic E-state index is 11.5. The average molecular weight is 2680 g/mol. The van der Waals surface area contributed by atoms with Crippen LogP contribution in [-0.4, -0.2) is 68.5 Å². The number of rotatable bonds is 13. The van der Waals surface area contributed by atoms with Crippen molar-refractivity contribution in [2.45, 2.75) is 207 Å². The summed E-state index contributed by atoms with van der Waals surface area (Å²) in [6.45, 7) is 53.7. The van der Waals surface area contributed by atoms with Gasteiger partial charge in [0.2, 0.25) is 0 Å². The third-order valence-electron chi connectivity index (χ3n) is 19.1. The zero-order chi connectivity index (χ0) is 95.6. The van der Waals surface area contributed by atoms with E-state index in [1.165, 1.54) is 107 Å². The first-order valence-electron chi connectivity index (χ1n) is 43.5. The molecule has 0 spiro atoms. The largest absolute Gasteiger partial charge is 0.512 e. The Morgan fingerprint density at radius 2 is 0.692 bits per heavy atom. The third kappa shape index (κ3) is 45.1. The molecule has 717 valence electrons. The Morgan fingerprint density at radius 1 is 0.346 bits per heavy atom. The number of aliphatic hydroxyl groups excluding tert-OH is 4. The molecule has 0 aliphatic carbocycles. The second-order valence-corrected chi connectivity index (χ2v) is 37.2. The van der Waals surface area contributed by atoms with Gasteiger partial charge in [0, 0.05) is 170 Å². The number of para-hydroxylation sites is 2. The SMILES string of the molecule is CC(=O)C=C(C)O.CC(=O)C=C(C)O.CC(C)(C)C(=O)C=C(O)C(C)(C)C.CC(C)(C)C(=O)C=C(O)C(C)(C)C.Cc1[c-]c(-c2cc(CC(C)C)c3ccccc3n2)cc(C)c1.Cc1[c-]c(-c2ccc3c(CC(C)C)cccc3n2)cc(C)c1.Cc1[c-]c(-c2ccc3ccccc3n2)cc(C)c1.Cc1ccc[c-]c1-c1ccccn1.Cc1ccc[c-]c1-c1ccccn1.[Ir].[Ir].[Ir].[Ir].[Ir]. The summed E-state index contributed by atoms with van der Waals surface area (Å²) in [7, 11) is 0. The molecule has 0 bridgehead atoms. The molecule has 18 heteroatoms. The molecule has 0 amide bonds. The number of carbonyl (C=O) groups is 4. The minimum absolute atomic E-state index is 0. The Balaban J connectivity index is 0.00000150. The van der Waals surface area contributed by atoms with Gasteiger partial charge in [-0.25, -0.2) is 0 Å². The standard InChI is InChI=1S/2C21H22N.C17H14N.2C12H10N.2C11H20O2.2C5H8O2.5Ir/c1-14(2)10-17-6-5-7-21-19(17)8-9-20(22-21)18-12-15(3)11-16(4)13-18;1-14(2)9-17-13-21(18-11-15(3)10-16(4)12-18)22-20-8-6-5-7-19(17)20;1-12-9-13(2)11-15(10-12)17-8-7-14-5-3-4-6-16(14)18-17;2*1-10-6-2-3-7-11(10)12-8-4-5-9-13-12;2*1-10(2,3)8(12)7-9(13)11(4,5)6;2*1-4(6)3-5(2)7;;;;;/h5-9,11-12,14H,10H2,1-4H3;5-8,10-11,13-14H,9H2,1-4H3;3-10H,1-2H3;2*2-6,8-9H,1H3;2*7,12H,1-6H3;2*3,6H,1-2H3;;;;;/q5*-1;;;;;;;;;. The van der Waals surface area contributed by atoms with Crippen LogP contribution in [0, 0.1) is 119 Å². The van der Waals surface area contributed by atoms with Gasteiger partial charge in [-0.15, -0.1) is 175 Å². The van der Waals surface area contributed by atoms with Crippen LogP contribution in [0.4, 0.5) is 0 Å². The Hall–Kier alpha value is -9.62. The summed E-state index contributed by atoms with van der Waals surface area (Å²) in [5.41, 5.74) is 24.5. The predicted octanol–water partition coefficient (Wildman–Crippen LogP) is 29.3. The van der Waals surface area contributed by atoms with Crippen molar-refractivity contribution in [1.29, 1.82) is 0 Å². The maximum atomic E-state index is 11.5. The van der Waals surface area contributed by atoms with E-state index in [-0.39, 0.29) is 158 Å². The van der Waals surface area contributed by atoms with Crippen LogP contribution < -0.4 is 0 Å². The van der Waals surface area contributed by atoms with Crippen molar-refractivity contribution in [2.24, 2.45) is 33.5 Å². The molecule has 0 unspecified atom stereocenters. The van der Waals surface area contributed by atoms with E-state index >= 15 is 0 Å². The van der Waals surface area contributed by atoms with Crippen molar-refractivity contribution in [3.05, 3.63) is 352 Å². The Morgan fingerprint density at radius 3 is 1.05 bits per heavy atom. The molecule has 13 rings (SSSR count). The number of aliphatic hydroxyl groups is 4. The number of benzene rings is 8. The molecular weight excluding hydrogens is 2540 g/mol. The quantitative estimate of drug-likeness (QED) is 0.0481. The van der Waals surface area contributed by atoms with Gasteiger partial charge in [-0.3, -0.25) is 34.1 Å². The second kappa shape index (κ2) is 59.3. The molecule has 5 radical (unpaired) electrons. The molecule has 0 saturated heterocycles. The van der Waals surface area contributed by atoms with E-state index in [9.17, 15) is 29.4 Å². The Labute approximate surface area is 861 Å². The van der Waals surface area contributed by atoms with Crippen LogP contribution in [0.1, 0.15) is 194 Å². The summed E-state index contributed by atoms with van der Waals surface area (Å²) in [4.78, 5) is 66.0. The average Bonchev–Trinajstić information content (AvgIpc) is 0.794. The number of hydrogen-bond acceptors (Lipinski definition) is 13. The van der Waals surface area contributed by atoms with Gasteiger partial charge >= 0.3 is 0 Å². The van der Waals surface area contributed by atoms with Crippen LogP contribution in [0.25, 0.3) is 89.0 Å². The summed E-state index contributed by atoms with van der Waals surface area (Å²) >= 11 is 0. The zero-order valence-corrected chi connectivity index (χ0v) is 94.5. The molecule has 13 aromatic rings. The topological polar surface area (TPSA) is 214 Å². The maximum Gasteiger partial charge on any atom is 0.164 e. The number of aromatic nitrogens is 5. The van der Waals surface area contributed by atoms with Gasteiger partial charge in [0.15, 0.2) is 23.1 Å². The van der Waals surface area contributed by atoms with Crippen LogP contribution >= 0.6 is 0 Å². The van der Waals surface area contributed by atoms with Gasteiger partial charge in [-0.1, -0.05) is 269 Å². The number of carbonyl (C=O) groups excluding carboxylic acids is 4. The Kier molecular flexibility index (Phi) is 55.0. The minimum atomic E-state index is -0.417. The smallest absolute Gasteiger partial charge is 0.164 e. The number of ketones is 4. The Bertz CT molecular complexity index is 5750. The van der Waals surface area contributed by atoms with Crippen molar-refractivity contribution >= 4 is 55.8 Å². The molecule has 5 heterocycles. The van der Waals surface area contributed by atoms with Crippen LogP contribution in [0.2, 0.25) is 0 Å². The van der Waals surface area contributed by atoms with Crippen LogP contribution in [0.3, 0.4) is 0 Å². The summed E-state index contributed by atoms with van der Waals surface area (Å²) in [5, 5.41) is 39.6. The summed E-state index contributed by atoms with van der Waals surface area (Å²) in [6.07, 6.45) is 10.8. The number of allylic oxidation sites excluding steroid dienone is 8. The molecule has 0 saturated carbocycles. The first-order chi connectivity index (χ1) is 59.9. The first kappa shape index (κ1) is 123. The van der Waals surface area contributed by atoms with Crippen molar-refractivity contribution in [3.8, 4) is 56.3 Å². The molecule has 0 aliphatic heterocycles. The van der Waals surface area contributed by atoms with E-state index < -0.39 is 10.8 Å². The molecule has 0 aliphatic rings. The predicted molar refractivity (Wildman–Crippen MR) is 533 cm³/mol. The fraction of sp³-hybridized carbons (Fsp3) is 0.313. The van der Waals surface area contributed by atoms with E-state index in [4.69, 9.17) is 25.2 Å². The van der Waals surface area contributed by atoms with Crippen molar-refractivity contribution in [1.82, 2.24) is 24.9 Å². The van der Waals surface area contributed by atoms with Gasteiger partial charge in [-0.05, 0) is 128 Å². The van der Waals surface area contributed by atoms with Crippen LogP contribution in [0.5, 0.6) is 0 Å². The molecule has 8 aromatic carbocycles. The minimum Gasteiger partial charge on any atom is -0.512 e. The molecular formula is C115H134Ir5N5O8-5. The number of nitrogens with zero attached hydrogens (tertiary/aromatic N) is 5. The number of hydrogen-bond donors (Lipinski definition) is 4. The van der Waals surface area contributed by atoms with Crippen LogP contribution in [0.15, 0.2) is 266 Å². The van der Waals surface area contributed by atoms with Gasteiger partial charge in [0.05, 0.1) is 28.1 Å². The zero-order valence-electron chi connectivity index (χ0n) is 82.5. The van der Waals surface area contributed by atoms with Crippen LogP contribution in [-0.2, 0) is 133 Å². The van der Waals surface area contributed by atoms with E-state index in [2.05, 4.69) is 251 Å². The fourth-order valence-corrected chi connectivity index (χ4v) is 12.6. The second-order valence-electron chi connectivity index (χ2n) is 37.2. The van der Waals surface area contributed by atoms with Gasteiger partial charge in [0.1, 0.15) is 11.5 Å². The number of aryl methyl sites for hydroxylation is 8. The third-order valence-corrected chi connectivity index (χ3v) is 19.1. The normalized spacial score (nSPS) is 11.2.